The molecule has 1 aliphatic rings. The second-order valence-electron chi connectivity index (χ2n) is 4.30. The van der Waals surface area contributed by atoms with Crippen LogP contribution in [-0.2, 0) is 5.41 Å². The average molecular weight is 222 g/mol. The summed E-state index contributed by atoms with van der Waals surface area (Å²) in [5.41, 5.74) is 6.04. The van der Waals surface area contributed by atoms with Crippen LogP contribution in [0.15, 0.2) is 18.2 Å². The fraction of sp³-hybridized carbons (Fsp3) is 0.455. The number of nitro benzene ring substituents is 1. The standard InChI is InChI=1S/C11H14N2O3/c12-7-11(4-1-5-11)9-6-8(14)2-3-10(9)13(15)16/h2-3,6,14H,1,4-5,7,12H2. The maximum atomic E-state index is 10.9. The van der Waals surface area contributed by atoms with Crippen molar-refractivity contribution < 1.29 is 10.0 Å². The van der Waals surface area contributed by atoms with Gasteiger partial charge in [-0.05, 0) is 25.0 Å². The third kappa shape index (κ3) is 1.53. The number of nitro groups is 1. The quantitative estimate of drug-likeness (QED) is 0.601. The molecule has 0 saturated heterocycles. The fourth-order valence-corrected chi connectivity index (χ4v) is 2.29. The molecule has 0 amide bonds. The molecule has 0 unspecified atom stereocenters. The molecule has 16 heavy (non-hydrogen) atoms. The number of phenols is 1. The number of phenolic OH excluding ortho intramolecular Hbond substituents is 1. The van der Waals surface area contributed by atoms with Crippen LogP contribution in [0.25, 0.3) is 0 Å². The predicted molar refractivity (Wildman–Crippen MR) is 59.3 cm³/mol. The summed E-state index contributed by atoms with van der Waals surface area (Å²) in [6.07, 6.45) is 2.74. The Kier molecular flexibility index (Phi) is 2.55. The first-order valence-electron chi connectivity index (χ1n) is 5.27. The minimum atomic E-state index is -0.412. The predicted octanol–water partition coefficient (Wildman–Crippen LogP) is 1.68. The number of hydrogen-bond donors (Lipinski definition) is 2. The normalized spacial score (nSPS) is 17.8. The van der Waals surface area contributed by atoms with E-state index in [9.17, 15) is 15.2 Å². The lowest BCUT2D eigenvalue weighted by molar-refractivity contribution is -0.386. The molecule has 1 aliphatic carbocycles. The second kappa shape index (κ2) is 3.75. The van der Waals surface area contributed by atoms with Crippen LogP contribution in [0.2, 0.25) is 0 Å². The molecule has 0 aliphatic heterocycles. The number of nitrogens with zero attached hydrogens (tertiary/aromatic N) is 1. The first-order valence-corrected chi connectivity index (χ1v) is 5.27. The largest absolute Gasteiger partial charge is 0.508 e. The second-order valence-corrected chi connectivity index (χ2v) is 4.30. The summed E-state index contributed by atoms with van der Waals surface area (Å²) in [4.78, 5) is 10.5. The molecule has 1 aromatic carbocycles. The molecule has 3 N–H and O–H groups in total. The van der Waals surface area contributed by atoms with Crippen LogP contribution in [0.4, 0.5) is 5.69 Å². The van der Waals surface area contributed by atoms with Crippen molar-refractivity contribution in [1.82, 2.24) is 0 Å². The topological polar surface area (TPSA) is 89.4 Å². The summed E-state index contributed by atoms with van der Waals surface area (Å²) < 4.78 is 0. The van der Waals surface area contributed by atoms with Gasteiger partial charge in [0, 0.05) is 23.6 Å². The molecule has 2 rings (SSSR count). The lowest BCUT2D eigenvalue weighted by atomic mass is 9.64. The third-order valence-electron chi connectivity index (χ3n) is 3.45. The Balaban J connectivity index is 2.53. The van der Waals surface area contributed by atoms with Crippen molar-refractivity contribution in [1.29, 1.82) is 0 Å². The Morgan fingerprint density at radius 3 is 2.62 bits per heavy atom. The highest BCUT2D eigenvalue weighted by molar-refractivity contribution is 5.50. The highest BCUT2D eigenvalue weighted by Gasteiger charge is 2.41. The zero-order valence-corrected chi connectivity index (χ0v) is 8.85. The number of nitrogens with two attached hydrogens (primary N) is 1. The lowest BCUT2D eigenvalue weighted by Gasteiger charge is -2.40. The van der Waals surface area contributed by atoms with Crippen LogP contribution < -0.4 is 5.73 Å². The van der Waals surface area contributed by atoms with Crippen molar-refractivity contribution in [3.8, 4) is 5.75 Å². The molecular weight excluding hydrogens is 208 g/mol. The number of aromatic hydroxyl groups is 1. The molecule has 0 spiro atoms. The Bertz CT molecular complexity index is 422. The van der Waals surface area contributed by atoms with Gasteiger partial charge >= 0.3 is 0 Å². The fourth-order valence-electron chi connectivity index (χ4n) is 2.29. The van der Waals surface area contributed by atoms with E-state index in [0.717, 1.165) is 19.3 Å². The Labute approximate surface area is 93.0 Å². The van der Waals surface area contributed by atoms with Gasteiger partial charge in [0.15, 0.2) is 0 Å². The van der Waals surface area contributed by atoms with E-state index >= 15 is 0 Å². The van der Waals surface area contributed by atoms with Gasteiger partial charge in [-0.1, -0.05) is 6.42 Å². The van der Waals surface area contributed by atoms with Crippen LogP contribution >= 0.6 is 0 Å². The summed E-state index contributed by atoms with van der Waals surface area (Å²) in [5.74, 6) is 0.0559. The summed E-state index contributed by atoms with van der Waals surface area (Å²) in [7, 11) is 0. The van der Waals surface area contributed by atoms with Gasteiger partial charge in [-0.2, -0.15) is 0 Å². The maximum absolute atomic E-state index is 10.9. The van der Waals surface area contributed by atoms with Crippen LogP contribution in [0.3, 0.4) is 0 Å². The van der Waals surface area contributed by atoms with Gasteiger partial charge in [-0.15, -0.1) is 0 Å². The van der Waals surface area contributed by atoms with Gasteiger partial charge in [0.05, 0.1) is 4.92 Å². The van der Waals surface area contributed by atoms with E-state index in [1.165, 1.54) is 18.2 Å². The molecule has 0 bridgehead atoms. The minimum absolute atomic E-state index is 0.0559. The highest BCUT2D eigenvalue weighted by atomic mass is 16.6. The van der Waals surface area contributed by atoms with Crippen LogP contribution in [-0.4, -0.2) is 16.6 Å². The van der Waals surface area contributed by atoms with Crippen LogP contribution in [0, 0.1) is 10.1 Å². The van der Waals surface area contributed by atoms with E-state index < -0.39 is 4.92 Å². The Morgan fingerprint density at radius 1 is 1.50 bits per heavy atom. The molecule has 1 aromatic rings. The zero-order chi connectivity index (χ0) is 11.8. The molecule has 86 valence electrons. The van der Waals surface area contributed by atoms with E-state index in [-0.39, 0.29) is 16.9 Å². The zero-order valence-electron chi connectivity index (χ0n) is 8.85. The molecule has 5 heteroatoms. The molecular formula is C11H14N2O3. The van der Waals surface area contributed by atoms with Crippen LogP contribution in [0.5, 0.6) is 5.75 Å². The number of hydrogen-bond acceptors (Lipinski definition) is 4. The number of rotatable bonds is 3. The van der Waals surface area contributed by atoms with E-state index in [1.807, 2.05) is 0 Å². The first kappa shape index (κ1) is 10.9. The van der Waals surface area contributed by atoms with E-state index in [2.05, 4.69) is 0 Å². The van der Waals surface area contributed by atoms with Crippen molar-refractivity contribution >= 4 is 5.69 Å². The van der Waals surface area contributed by atoms with Gasteiger partial charge in [0.2, 0.25) is 0 Å². The van der Waals surface area contributed by atoms with Crippen molar-refractivity contribution in [2.75, 3.05) is 6.54 Å². The Morgan fingerprint density at radius 2 is 2.19 bits per heavy atom. The van der Waals surface area contributed by atoms with Crippen molar-refractivity contribution in [2.24, 2.45) is 5.73 Å². The highest BCUT2D eigenvalue weighted by Crippen LogP contribution is 2.47. The van der Waals surface area contributed by atoms with Gasteiger partial charge in [0.1, 0.15) is 5.75 Å². The molecule has 1 saturated carbocycles. The van der Waals surface area contributed by atoms with E-state index in [4.69, 9.17) is 5.73 Å². The molecule has 0 radical (unpaired) electrons. The molecule has 0 atom stereocenters. The number of benzene rings is 1. The monoisotopic (exact) mass is 222 g/mol. The summed E-state index contributed by atoms with van der Waals surface area (Å²) in [6.45, 7) is 0.386. The molecule has 5 nitrogen and oxygen atoms in total. The minimum Gasteiger partial charge on any atom is -0.508 e. The summed E-state index contributed by atoms with van der Waals surface area (Å²) in [5, 5.41) is 20.4. The first-order chi connectivity index (χ1) is 7.59. The van der Waals surface area contributed by atoms with Crippen molar-refractivity contribution in [2.45, 2.75) is 24.7 Å². The average Bonchev–Trinajstić information content (AvgIpc) is 2.16. The Hall–Kier alpha value is -1.62. The smallest absolute Gasteiger partial charge is 0.273 e. The van der Waals surface area contributed by atoms with Gasteiger partial charge < -0.3 is 10.8 Å². The van der Waals surface area contributed by atoms with Gasteiger partial charge in [-0.25, -0.2) is 0 Å². The van der Waals surface area contributed by atoms with Gasteiger partial charge in [-0.3, -0.25) is 10.1 Å². The molecule has 0 aromatic heterocycles. The summed E-state index contributed by atoms with van der Waals surface area (Å²) >= 11 is 0. The van der Waals surface area contributed by atoms with Crippen molar-refractivity contribution in [3.05, 3.63) is 33.9 Å². The summed E-state index contributed by atoms with van der Waals surface area (Å²) in [6, 6.07) is 4.16. The van der Waals surface area contributed by atoms with E-state index in [1.54, 1.807) is 0 Å². The van der Waals surface area contributed by atoms with Crippen molar-refractivity contribution in [3.63, 3.8) is 0 Å². The third-order valence-corrected chi connectivity index (χ3v) is 3.45. The molecule has 1 fully saturated rings. The SMILES string of the molecule is NCC1(c2cc(O)ccc2[N+](=O)[O-])CCC1. The van der Waals surface area contributed by atoms with Crippen LogP contribution in [0.1, 0.15) is 24.8 Å². The lowest BCUT2D eigenvalue weighted by Crippen LogP contribution is -2.41. The maximum Gasteiger partial charge on any atom is 0.273 e. The van der Waals surface area contributed by atoms with Gasteiger partial charge in [0.25, 0.3) is 5.69 Å². The van der Waals surface area contributed by atoms with E-state index in [0.29, 0.717) is 12.1 Å². The molecule has 0 heterocycles.